The average molecular weight is 288 g/mol. The Balaban J connectivity index is 3.22. The molecule has 0 saturated carbocycles. The Hall–Kier alpha value is -0.980. The highest BCUT2D eigenvalue weighted by Crippen LogP contribution is 2.21. The van der Waals surface area contributed by atoms with Crippen LogP contribution in [0.5, 0.6) is 0 Å². The molecule has 1 rings (SSSR count). The standard InChI is InChI=1S/C13H21FN2O2S/c1-9(2)13(4,8-15)16-19(17,18)12-7-10(3)5-6-11(12)14/h5-7,9,16H,8,15H2,1-4H3. The van der Waals surface area contributed by atoms with Crippen LogP contribution in [0.25, 0.3) is 0 Å². The van der Waals surface area contributed by atoms with Gasteiger partial charge in [-0.1, -0.05) is 19.9 Å². The molecule has 1 unspecified atom stereocenters. The number of hydrogen-bond donors (Lipinski definition) is 2. The Morgan fingerprint density at radius 3 is 2.47 bits per heavy atom. The molecule has 1 atom stereocenters. The van der Waals surface area contributed by atoms with E-state index in [1.165, 1.54) is 12.1 Å². The molecule has 6 heteroatoms. The summed E-state index contributed by atoms with van der Waals surface area (Å²) in [6.45, 7) is 7.28. The first-order valence-electron chi connectivity index (χ1n) is 6.12. The van der Waals surface area contributed by atoms with Gasteiger partial charge in [0.15, 0.2) is 0 Å². The largest absolute Gasteiger partial charge is 0.329 e. The molecule has 4 nitrogen and oxygen atoms in total. The van der Waals surface area contributed by atoms with Crippen LogP contribution in [0.4, 0.5) is 4.39 Å². The fourth-order valence-corrected chi connectivity index (χ4v) is 3.28. The molecule has 0 heterocycles. The van der Waals surface area contributed by atoms with Crippen LogP contribution in [0, 0.1) is 18.7 Å². The van der Waals surface area contributed by atoms with Crippen LogP contribution in [0.15, 0.2) is 23.1 Å². The van der Waals surface area contributed by atoms with E-state index in [9.17, 15) is 12.8 Å². The third-order valence-electron chi connectivity index (χ3n) is 3.44. The second-order valence-electron chi connectivity index (χ2n) is 5.32. The van der Waals surface area contributed by atoms with Crippen molar-refractivity contribution < 1.29 is 12.8 Å². The van der Waals surface area contributed by atoms with E-state index >= 15 is 0 Å². The van der Waals surface area contributed by atoms with Crippen molar-refractivity contribution in [1.82, 2.24) is 4.72 Å². The lowest BCUT2D eigenvalue weighted by Gasteiger charge is -2.33. The van der Waals surface area contributed by atoms with Crippen LogP contribution in [-0.4, -0.2) is 20.5 Å². The van der Waals surface area contributed by atoms with E-state index in [1.807, 2.05) is 13.8 Å². The van der Waals surface area contributed by atoms with Gasteiger partial charge in [-0.2, -0.15) is 0 Å². The van der Waals surface area contributed by atoms with Crippen molar-refractivity contribution in [3.8, 4) is 0 Å². The van der Waals surface area contributed by atoms with Crippen molar-refractivity contribution >= 4 is 10.0 Å². The lowest BCUT2D eigenvalue weighted by molar-refractivity contribution is 0.314. The minimum atomic E-state index is -3.93. The van der Waals surface area contributed by atoms with Gasteiger partial charge in [0.1, 0.15) is 10.7 Å². The van der Waals surface area contributed by atoms with Crippen LogP contribution >= 0.6 is 0 Å². The first-order chi connectivity index (χ1) is 8.62. The van der Waals surface area contributed by atoms with Gasteiger partial charge >= 0.3 is 0 Å². The minimum Gasteiger partial charge on any atom is -0.329 e. The zero-order chi connectivity index (χ0) is 14.8. The van der Waals surface area contributed by atoms with Crippen molar-refractivity contribution in [3.05, 3.63) is 29.6 Å². The summed E-state index contributed by atoms with van der Waals surface area (Å²) in [4.78, 5) is -0.340. The maximum Gasteiger partial charge on any atom is 0.244 e. The number of nitrogens with one attached hydrogen (secondary N) is 1. The van der Waals surface area contributed by atoms with Crippen LogP contribution in [0.1, 0.15) is 26.3 Å². The van der Waals surface area contributed by atoms with Gasteiger partial charge in [-0.05, 0) is 37.5 Å². The fraction of sp³-hybridized carbons (Fsp3) is 0.538. The average Bonchev–Trinajstić information content (AvgIpc) is 2.31. The van der Waals surface area contributed by atoms with Crippen molar-refractivity contribution in [3.63, 3.8) is 0 Å². The van der Waals surface area contributed by atoms with Crippen molar-refractivity contribution in [1.29, 1.82) is 0 Å². The molecule has 1 aromatic carbocycles. The van der Waals surface area contributed by atoms with E-state index in [4.69, 9.17) is 5.73 Å². The summed E-state index contributed by atoms with van der Waals surface area (Å²) in [5, 5.41) is 0. The summed E-state index contributed by atoms with van der Waals surface area (Å²) in [7, 11) is -3.93. The Bertz CT molecular complexity index is 558. The Morgan fingerprint density at radius 1 is 1.42 bits per heavy atom. The van der Waals surface area contributed by atoms with Crippen LogP contribution in [0.2, 0.25) is 0 Å². The number of nitrogens with two attached hydrogens (primary N) is 1. The molecule has 0 bridgehead atoms. The highest BCUT2D eigenvalue weighted by molar-refractivity contribution is 7.89. The van der Waals surface area contributed by atoms with E-state index < -0.39 is 21.4 Å². The number of benzene rings is 1. The minimum absolute atomic E-state index is 0.0138. The monoisotopic (exact) mass is 288 g/mol. The lowest BCUT2D eigenvalue weighted by Crippen LogP contribution is -2.54. The van der Waals surface area contributed by atoms with E-state index in [0.717, 1.165) is 6.07 Å². The van der Waals surface area contributed by atoms with E-state index in [1.54, 1.807) is 13.8 Å². The quantitative estimate of drug-likeness (QED) is 0.867. The highest BCUT2D eigenvalue weighted by atomic mass is 32.2. The topological polar surface area (TPSA) is 72.2 Å². The summed E-state index contributed by atoms with van der Waals surface area (Å²) >= 11 is 0. The first-order valence-corrected chi connectivity index (χ1v) is 7.61. The zero-order valence-corrected chi connectivity index (χ0v) is 12.5. The molecule has 108 valence electrons. The Kier molecular flexibility index (Phi) is 4.71. The summed E-state index contributed by atoms with van der Waals surface area (Å²) in [5.74, 6) is -0.777. The van der Waals surface area contributed by atoms with E-state index in [2.05, 4.69) is 4.72 Å². The number of aryl methyl sites for hydroxylation is 1. The highest BCUT2D eigenvalue weighted by Gasteiger charge is 2.33. The fourth-order valence-electron chi connectivity index (χ4n) is 1.57. The number of rotatable bonds is 5. The SMILES string of the molecule is Cc1ccc(F)c(S(=O)(=O)NC(C)(CN)C(C)C)c1. The van der Waals surface area contributed by atoms with Gasteiger partial charge in [0.2, 0.25) is 10.0 Å². The Labute approximate surface area is 114 Å². The molecular weight excluding hydrogens is 267 g/mol. The maximum absolute atomic E-state index is 13.7. The first kappa shape index (κ1) is 16.1. The Morgan fingerprint density at radius 2 is 2.00 bits per heavy atom. The van der Waals surface area contributed by atoms with Gasteiger partial charge in [-0.15, -0.1) is 0 Å². The normalized spacial score (nSPS) is 15.5. The molecule has 3 N–H and O–H groups in total. The molecule has 19 heavy (non-hydrogen) atoms. The smallest absolute Gasteiger partial charge is 0.244 e. The molecule has 0 radical (unpaired) electrons. The molecule has 1 aromatic rings. The molecule has 0 spiro atoms. The number of sulfonamides is 1. The van der Waals surface area contributed by atoms with E-state index in [0.29, 0.717) is 5.56 Å². The van der Waals surface area contributed by atoms with Crippen LogP contribution in [0.3, 0.4) is 0 Å². The van der Waals surface area contributed by atoms with Crippen molar-refractivity contribution in [2.45, 2.75) is 38.1 Å². The lowest BCUT2D eigenvalue weighted by atomic mass is 9.90. The zero-order valence-electron chi connectivity index (χ0n) is 11.7. The molecule has 0 aliphatic carbocycles. The second-order valence-corrected chi connectivity index (χ2v) is 6.97. The maximum atomic E-state index is 13.7. The van der Waals surface area contributed by atoms with Crippen LogP contribution in [-0.2, 0) is 10.0 Å². The third-order valence-corrected chi connectivity index (χ3v) is 5.07. The predicted octanol–water partition coefficient (Wildman–Crippen LogP) is 1.79. The summed E-state index contributed by atoms with van der Waals surface area (Å²) in [6, 6.07) is 3.99. The molecule has 0 fully saturated rings. The summed E-state index contributed by atoms with van der Waals surface area (Å²) in [5.41, 5.74) is 5.51. The van der Waals surface area contributed by atoms with Gasteiger partial charge in [-0.25, -0.2) is 17.5 Å². The van der Waals surface area contributed by atoms with Gasteiger partial charge in [0.25, 0.3) is 0 Å². The van der Waals surface area contributed by atoms with Gasteiger partial charge in [0, 0.05) is 12.1 Å². The summed E-state index contributed by atoms with van der Waals surface area (Å²) in [6.07, 6.45) is 0. The molecule has 0 amide bonds. The number of hydrogen-bond acceptors (Lipinski definition) is 3. The van der Waals surface area contributed by atoms with Crippen LogP contribution < -0.4 is 10.5 Å². The molecule has 0 aromatic heterocycles. The molecule has 0 aliphatic heterocycles. The van der Waals surface area contributed by atoms with E-state index in [-0.39, 0.29) is 17.4 Å². The van der Waals surface area contributed by atoms with Crippen molar-refractivity contribution in [2.75, 3.05) is 6.54 Å². The molecular formula is C13H21FN2O2S. The summed E-state index contributed by atoms with van der Waals surface area (Å²) < 4.78 is 40.8. The molecule has 0 saturated heterocycles. The number of halogens is 1. The van der Waals surface area contributed by atoms with Gasteiger partial charge in [0.05, 0.1) is 0 Å². The predicted molar refractivity (Wildman–Crippen MR) is 73.8 cm³/mol. The third kappa shape index (κ3) is 3.52. The molecule has 0 aliphatic rings. The van der Waals surface area contributed by atoms with Gasteiger partial charge < -0.3 is 5.73 Å². The van der Waals surface area contributed by atoms with Crippen molar-refractivity contribution in [2.24, 2.45) is 11.7 Å². The second kappa shape index (κ2) is 5.56. The van der Waals surface area contributed by atoms with Gasteiger partial charge in [-0.3, -0.25) is 0 Å².